The SMILES string of the molecule is O=C1N(C2CCN(C3CC3)C2)C(C2CCCC2)NC12CC2. The number of hydrogen-bond acceptors (Lipinski definition) is 3. The minimum Gasteiger partial charge on any atom is -0.321 e. The number of nitrogens with one attached hydrogen (secondary N) is 1. The summed E-state index contributed by atoms with van der Waals surface area (Å²) < 4.78 is 0. The van der Waals surface area contributed by atoms with Crippen LogP contribution in [0.25, 0.3) is 0 Å². The van der Waals surface area contributed by atoms with Gasteiger partial charge in [0.1, 0.15) is 0 Å². The fourth-order valence-electron chi connectivity index (χ4n) is 5.05. The summed E-state index contributed by atoms with van der Waals surface area (Å²) in [6.07, 6.45) is 11.8. The quantitative estimate of drug-likeness (QED) is 0.859. The highest BCUT2D eigenvalue weighted by Crippen LogP contribution is 2.47. The molecular formula is C17H27N3O. The average Bonchev–Trinajstić information content (AvgIpc) is 3.33. The van der Waals surface area contributed by atoms with Crippen molar-refractivity contribution in [1.29, 1.82) is 0 Å². The second-order valence-corrected chi connectivity index (χ2v) is 8.10. The van der Waals surface area contributed by atoms with Gasteiger partial charge in [-0.05, 0) is 50.9 Å². The Morgan fingerprint density at radius 2 is 1.76 bits per heavy atom. The molecule has 0 aromatic carbocycles. The van der Waals surface area contributed by atoms with Crippen molar-refractivity contribution in [2.45, 2.75) is 81.6 Å². The molecule has 21 heavy (non-hydrogen) atoms. The predicted molar refractivity (Wildman–Crippen MR) is 80.7 cm³/mol. The maximum Gasteiger partial charge on any atom is 0.244 e. The average molecular weight is 289 g/mol. The smallest absolute Gasteiger partial charge is 0.244 e. The van der Waals surface area contributed by atoms with Gasteiger partial charge in [0, 0.05) is 25.2 Å². The second-order valence-electron chi connectivity index (χ2n) is 8.10. The van der Waals surface area contributed by atoms with Gasteiger partial charge in [0.05, 0.1) is 11.7 Å². The lowest BCUT2D eigenvalue weighted by molar-refractivity contribution is -0.133. The highest BCUT2D eigenvalue weighted by Gasteiger charge is 2.62. The normalized spacial score (nSPS) is 39.8. The van der Waals surface area contributed by atoms with Crippen LogP contribution in [0.2, 0.25) is 0 Å². The zero-order valence-electron chi connectivity index (χ0n) is 12.9. The molecule has 5 rings (SSSR count). The lowest BCUT2D eigenvalue weighted by atomic mass is 10.0. The fraction of sp³-hybridized carbons (Fsp3) is 0.941. The first-order valence-corrected chi connectivity index (χ1v) is 9.11. The molecule has 4 nitrogen and oxygen atoms in total. The van der Waals surface area contributed by atoms with Gasteiger partial charge in [-0.25, -0.2) is 0 Å². The molecule has 2 atom stereocenters. The molecule has 2 heterocycles. The number of amides is 1. The highest BCUT2D eigenvalue weighted by molar-refractivity contribution is 5.92. The molecule has 1 N–H and O–H groups in total. The summed E-state index contributed by atoms with van der Waals surface area (Å²) in [6.45, 7) is 2.35. The monoisotopic (exact) mass is 289 g/mol. The Labute approximate surface area is 127 Å². The number of carbonyl (C=O) groups is 1. The van der Waals surface area contributed by atoms with Crippen molar-refractivity contribution in [2.75, 3.05) is 13.1 Å². The van der Waals surface area contributed by atoms with Gasteiger partial charge in [0.25, 0.3) is 0 Å². The van der Waals surface area contributed by atoms with E-state index in [0.29, 0.717) is 24.0 Å². The lowest BCUT2D eigenvalue weighted by Crippen LogP contribution is -2.49. The highest BCUT2D eigenvalue weighted by atomic mass is 16.2. The number of nitrogens with zero attached hydrogens (tertiary/aromatic N) is 2. The molecule has 5 aliphatic rings. The molecule has 4 heteroatoms. The van der Waals surface area contributed by atoms with Gasteiger partial charge < -0.3 is 4.90 Å². The van der Waals surface area contributed by atoms with Crippen LogP contribution in [0.4, 0.5) is 0 Å². The van der Waals surface area contributed by atoms with Crippen molar-refractivity contribution in [2.24, 2.45) is 5.92 Å². The molecule has 5 fully saturated rings. The van der Waals surface area contributed by atoms with Crippen LogP contribution in [0.5, 0.6) is 0 Å². The number of rotatable bonds is 3. The third-order valence-electron chi connectivity index (χ3n) is 6.62. The van der Waals surface area contributed by atoms with Crippen molar-refractivity contribution in [1.82, 2.24) is 15.1 Å². The third-order valence-corrected chi connectivity index (χ3v) is 6.62. The Morgan fingerprint density at radius 1 is 1.00 bits per heavy atom. The van der Waals surface area contributed by atoms with Crippen molar-refractivity contribution < 1.29 is 4.79 Å². The van der Waals surface area contributed by atoms with E-state index < -0.39 is 0 Å². The Morgan fingerprint density at radius 3 is 2.43 bits per heavy atom. The second kappa shape index (κ2) is 4.45. The Balaban J connectivity index is 1.37. The van der Waals surface area contributed by atoms with E-state index in [0.717, 1.165) is 25.4 Å². The van der Waals surface area contributed by atoms with E-state index in [1.165, 1.54) is 51.5 Å². The van der Waals surface area contributed by atoms with E-state index in [-0.39, 0.29) is 5.54 Å². The van der Waals surface area contributed by atoms with Gasteiger partial charge in [-0.3, -0.25) is 15.0 Å². The molecule has 0 bridgehead atoms. The minimum atomic E-state index is -0.125. The first-order valence-electron chi connectivity index (χ1n) is 9.11. The van der Waals surface area contributed by atoms with Crippen LogP contribution < -0.4 is 5.32 Å². The Bertz CT molecular complexity index is 451. The predicted octanol–water partition coefficient (Wildman–Crippen LogP) is 1.70. The van der Waals surface area contributed by atoms with Crippen LogP contribution in [0, 0.1) is 5.92 Å². The van der Waals surface area contributed by atoms with Crippen molar-refractivity contribution in [3.63, 3.8) is 0 Å². The van der Waals surface area contributed by atoms with E-state index >= 15 is 0 Å². The van der Waals surface area contributed by atoms with Gasteiger partial charge >= 0.3 is 0 Å². The molecule has 1 spiro atoms. The third kappa shape index (κ3) is 1.98. The van der Waals surface area contributed by atoms with Crippen molar-refractivity contribution in [3.05, 3.63) is 0 Å². The van der Waals surface area contributed by atoms with E-state index in [1.54, 1.807) is 0 Å². The zero-order valence-corrected chi connectivity index (χ0v) is 12.9. The van der Waals surface area contributed by atoms with Crippen LogP contribution in [0.1, 0.15) is 57.8 Å². The van der Waals surface area contributed by atoms with Crippen LogP contribution in [-0.4, -0.2) is 52.6 Å². The largest absolute Gasteiger partial charge is 0.321 e. The summed E-state index contributed by atoms with van der Waals surface area (Å²) >= 11 is 0. The summed E-state index contributed by atoms with van der Waals surface area (Å²) in [5, 5.41) is 3.78. The summed E-state index contributed by atoms with van der Waals surface area (Å²) in [4.78, 5) is 17.9. The molecule has 1 amide bonds. The van der Waals surface area contributed by atoms with Gasteiger partial charge in [-0.1, -0.05) is 12.8 Å². The van der Waals surface area contributed by atoms with E-state index in [9.17, 15) is 4.79 Å². The van der Waals surface area contributed by atoms with Gasteiger partial charge in [-0.2, -0.15) is 0 Å². The fourth-order valence-corrected chi connectivity index (χ4v) is 5.05. The lowest BCUT2D eigenvalue weighted by Gasteiger charge is -2.33. The van der Waals surface area contributed by atoms with Crippen molar-refractivity contribution >= 4 is 5.91 Å². The first kappa shape index (κ1) is 12.9. The molecule has 0 aromatic heterocycles. The summed E-state index contributed by atoms with van der Waals surface area (Å²) in [5.74, 6) is 1.16. The number of likely N-dealkylation sites (tertiary alicyclic amines) is 1. The van der Waals surface area contributed by atoms with Gasteiger partial charge in [0.15, 0.2) is 0 Å². The maximum absolute atomic E-state index is 13.0. The minimum absolute atomic E-state index is 0.125. The van der Waals surface area contributed by atoms with E-state index in [1.807, 2.05) is 0 Å². The molecule has 3 aliphatic carbocycles. The van der Waals surface area contributed by atoms with Crippen LogP contribution in [0.15, 0.2) is 0 Å². The topological polar surface area (TPSA) is 35.6 Å². The summed E-state index contributed by atoms with van der Waals surface area (Å²) in [6, 6.07) is 1.33. The van der Waals surface area contributed by atoms with Gasteiger partial charge in [0.2, 0.25) is 5.91 Å². The molecular weight excluding hydrogens is 262 g/mol. The van der Waals surface area contributed by atoms with E-state index in [4.69, 9.17) is 0 Å². The molecule has 2 unspecified atom stereocenters. The summed E-state index contributed by atoms with van der Waals surface area (Å²) in [7, 11) is 0. The van der Waals surface area contributed by atoms with Crippen LogP contribution in [0.3, 0.4) is 0 Å². The number of hydrogen-bond donors (Lipinski definition) is 1. The van der Waals surface area contributed by atoms with Crippen molar-refractivity contribution in [3.8, 4) is 0 Å². The van der Waals surface area contributed by atoms with Crippen LogP contribution >= 0.6 is 0 Å². The number of carbonyl (C=O) groups excluding carboxylic acids is 1. The molecule has 0 radical (unpaired) electrons. The zero-order chi connectivity index (χ0) is 14.0. The van der Waals surface area contributed by atoms with Crippen LogP contribution in [-0.2, 0) is 4.79 Å². The molecule has 0 aromatic rings. The van der Waals surface area contributed by atoms with E-state index in [2.05, 4.69) is 15.1 Å². The Kier molecular flexibility index (Phi) is 2.73. The molecule has 116 valence electrons. The maximum atomic E-state index is 13.0. The summed E-state index contributed by atoms with van der Waals surface area (Å²) in [5.41, 5.74) is -0.125. The van der Waals surface area contributed by atoms with Gasteiger partial charge in [-0.15, -0.1) is 0 Å². The molecule has 2 aliphatic heterocycles. The Hall–Kier alpha value is -0.610. The standard InChI is InChI=1S/C17H27N3O/c21-16-17(8-9-17)18-15(12-3-1-2-4-12)20(16)14-7-10-19(11-14)13-5-6-13/h12-15,18H,1-11H2. The molecule has 2 saturated heterocycles. The molecule has 3 saturated carbocycles. The first-order chi connectivity index (χ1) is 10.3.